The average molecular weight is 392 g/mol. The summed E-state index contributed by atoms with van der Waals surface area (Å²) in [6, 6.07) is 22.1. The minimum absolute atomic E-state index is 0.526. The molecule has 0 fully saturated rings. The first-order valence-electron chi connectivity index (χ1n) is 9.28. The molecule has 4 nitrogen and oxygen atoms in total. The SMILES string of the molecule is Cc1ccc(COc2ccc(Cl)cc2CNCc2nc3ccccc3[nH]2)cc1. The summed E-state index contributed by atoms with van der Waals surface area (Å²) in [5.74, 6) is 1.74. The Morgan fingerprint density at radius 3 is 2.64 bits per heavy atom. The normalized spacial score (nSPS) is 11.1. The van der Waals surface area contributed by atoms with Crippen LogP contribution < -0.4 is 10.1 Å². The number of hydrogen-bond donors (Lipinski definition) is 2. The molecule has 0 saturated carbocycles. The third-order valence-corrected chi connectivity index (χ3v) is 4.82. The maximum absolute atomic E-state index is 6.20. The van der Waals surface area contributed by atoms with E-state index in [1.807, 2.05) is 42.5 Å². The van der Waals surface area contributed by atoms with Crippen LogP contribution in [0.2, 0.25) is 5.02 Å². The highest BCUT2D eigenvalue weighted by Crippen LogP contribution is 2.24. The van der Waals surface area contributed by atoms with Gasteiger partial charge in [0.1, 0.15) is 18.2 Å². The van der Waals surface area contributed by atoms with E-state index in [9.17, 15) is 0 Å². The van der Waals surface area contributed by atoms with Gasteiger partial charge in [-0.05, 0) is 42.8 Å². The van der Waals surface area contributed by atoms with Gasteiger partial charge in [0, 0.05) is 17.1 Å². The lowest BCUT2D eigenvalue weighted by atomic mass is 10.1. The summed E-state index contributed by atoms with van der Waals surface area (Å²) in [6.45, 7) is 3.88. The summed E-state index contributed by atoms with van der Waals surface area (Å²) in [6.07, 6.45) is 0. The van der Waals surface area contributed by atoms with Gasteiger partial charge in [0.05, 0.1) is 17.6 Å². The molecular formula is C23H22ClN3O. The van der Waals surface area contributed by atoms with Gasteiger partial charge in [-0.3, -0.25) is 0 Å². The highest BCUT2D eigenvalue weighted by atomic mass is 35.5. The van der Waals surface area contributed by atoms with Crippen molar-refractivity contribution >= 4 is 22.6 Å². The van der Waals surface area contributed by atoms with Crippen LogP contribution in [0.1, 0.15) is 22.5 Å². The van der Waals surface area contributed by atoms with Crippen LogP contribution in [0.5, 0.6) is 5.75 Å². The molecule has 0 spiro atoms. The topological polar surface area (TPSA) is 49.9 Å². The maximum Gasteiger partial charge on any atom is 0.124 e. The van der Waals surface area contributed by atoms with Gasteiger partial charge < -0.3 is 15.0 Å². The molecule has 4 aromatic rings. The smallest absolute Gasteiger partial charge is 0.124 e. The lowest BCUT2D eigenvalue weighted by Crippen LogP contribution is -2.14. The first-order valence-corrected chi connectivity index (χ1v) is 9.66. The van der Waals surface area contributed by atoms with E-state index in [0.29, 0.717) is 24.7 Å². The fraction of sp³-hybridized carbons (Fsp3) is 0.174. The van der Waals surface area contributed by atoms with E-state index in [0.717, 1.165) is 33.7 Å². The molecule has 3 aromatic carbocycles. The Bertz CT molecular complexity index is 1040. The van der Waals surface area contributed by atoms with E-state index < -0.39 is 0 Å². The molecule has 5 heteroatoms. The predicted octanol–water partition coefficient (Wildman–Crippen LogP) is 5.39. The minimum Gasteiger partial charge on any atom is -0.489 e. The quantitative estimate of drug-likeness (QED) is 0.444. The number of halogens is 1. The molecule has 28 heavy (non-hydrogen) atoms. The second-order valence-corrected chi connectivity index (χ2v) is 7.27. The minimum atomic E-state index is 0.526. The lowest BCUT2D eigenvalue weighted by Gasteiger charge is -2.13. The van der Waals surface area contributed by atoms with E-state index in [4.69, 9.17) is 16.3 Å². The molecule has 0 aliphatic heterocycles. The first kappa shape index (κ1) is 18.5. The Hall–Kier alpha value is -2.82. The number of hydrogen-bond acceptors (Lipinski definition) is 3. The van der Waals surface area contributed by atoms with Crippen LogP contribution in [-0.2, 0) is 19.7 Å². The summed E-state index contributed by atoms with van der Waals surface area (Å²) in [4.78, 5) is 7.92. The summed E-state index contributed by atoms with van der Waals surface area (Å²) in [5, 5.41) is 4.12. The molecule has 0 saturated heterocycles. The van der Waals surface area contributed by atoms with Gasteiger partial charge >= 0.3 is 0 Å². The Balaban J connectivity index is 1.40. The van der Waals surface area contributed by atoms with E-state index in [-0.39, 0.29) is 0 Å². The molecule has 0 bridgehead atoms. The highest BCUT2D eigenvalue weighted by Gasteiger charge is 2.07. The largest absolute Gasteiger partial charge is 0.489 e. The van der Waals surface area contributed by atoms with Crippen LogP contribution in [0.15, 0.2) is 66.7 Å². The molecule has 0 unspecified atom stereocenters. The molecule has 0 radical (unpaired) electrons. The summed E-state index contributed by atoms with van der Waals surface area (Å²) < 4.78 is 6.05. The standard InChI is InChI=1S/C23H22ClN3O/c1-16-6-8-17(9-7-16)15-28-22-11-10-19(24)12-18(22)13-25-14-23-26-20-4-2-3-5-21(20)27-23/h2-12,25H,13-15H2,1H3,(H,26,27). The van der Waals surface area contributed by atoms with Gasteiger partial charge in [0.25, 0.3) is 0 Å². The first-order chi connectivity index (χ1) is 13.7. The molecule has 0 aliphatic carbocycles. The van der Waals surface area contributed by atoms with Crippen molar-refractivity contribution in [2.24, 2.45) is 0 Å². The number of ether oxygens (including phenoxy) is 1. The molecule has 2 N–H and O–H groups in total. The van der Waals surface area contributed by atoms with Crippen LogP contribution in [0, 0.1) is 6.92 Å². The van der Waals surface area contributed by atoms with Gasteiger partial charge in [-0.15, -0.1) is 0 Å². The van der Waals surface area contributed by atoms with E-state index in [1.54, 1.807) is 0 Å². The van der Waals surface area contributed by atoms with Crippen LogP contribution >= 0.6 is 11.6 Å². The second-order valence-electron chi connectivity index (χ2n) is 6.83. The number of rotatable bonds is 7. The Morgan fingerprint density at radius 1 is 1.00 bits per heavy atom. The van der Waals surface area contributed by atoms with Crippen molar-refractivity contribution in [3.8, 4) is 5.75 Å². The van der Waals surface area contributed by atoms with Crippen molar-refractivity contribution in [2.45, 2.75) is 26.6 Å². The Morgan fingerprint density at radius 2 is 1.82 bits per heavy atom. The summed E-state index contributed by atoms with van der Waals surface area (Å²) >= 11 is 6.20. The fourth-order valence-corrected chi connectivity index (χ4v) is 3.27. The molecule has 4 rings (SSSR count). The van der Waals surface area contributed by atoms with Gasteiger partial charge in [-0.2, -0.15) is 0 Å². The number of benzene rings is 3. The predicted molar refractivity (Wildman–Crippen MR) is 114 cm³/mol. The Labute approximate surface area is 169 Å². The van der Waals surface area contributed by atoms with Gasteiger partial charge in [-0.25, -0.2) is 4.98 Å². The Kier molecular flexibility index (Phi) is 5.60. The number of aromatic amines is 1. The van der Waals surface area contributed by atoms with E-state index in [2.05, 4.69) is 46.5 Å². The van der Waals surface area contributed by atoms with Crippen LogP contribution in [0.25, 0.3) is 11.0 Å². The number of imidazole rings is 1. The molecule has 1 heterocycles. The van der Waals surface area contributed by atoms with Crippen molar-refractivity contribution in [3.05, 3.63) is 94.3 Å². The van der Waals surface area contributed by atoms with Gasteiger partial charge in [-0.1, -0.05) is 53.6 Å². The summed E-state index contributed by atoms with van der Waals surface area (Å²) in [5.41, 5.74) is 5.43. The van der Waals surface area contributed by atoms with Crippen molar-refractivity contribution in [2.75, 3.05) is 0 Å². The van der Waals surface area contributed by atoms with Crippen molar-refractivity contribution in [1.29, 1.82) is 0 Å². The maximum atomic E-state index is 6.20. The van der Waals surface area contributed by atoms with Crippen molar-refractivity contribution in [1.82, 2.24) is 15.3 Å². The molecule has 0 aliphatic rings. The average Bonchev–Trinajstić information content (AvgIpc) is 3.11. The zero-order valence-electron chi connectivity index (χ0n) is 15.7. The number of nitrogens with one attached hydrogen (secondary N) is 2. The van der Waals surface area contributed by atoms with E-state index in [1.165, 1.54) is 5.56 Å². The monoisotopic (exact) mass is 391 g/mol. The summed E-state index contributed by atoms with van der Waals surface area (Å²) in [7, 11) is 0. The number of H-pyrrole nitrogens is 1. The highest BCUT2D eigenvalue weighted by molar-refractivity contribution is 6.30. The molecule has 1 aromatic heterocycles. The molecule has 0 atom stereocenters. The molecule has 142 valence electrons. The van der Waals surface area contributed by atoms with E-state index >= 15 is 0 Å². The third kappa shape index (κ3) is 4.53. The number of aromatic nitrogens is 2. The molecule has 0 amide bonds. The third-order valence-electron chi connectivity index (χ3n) is 4.58. The zero-order valence-corrected chi connectivity index (χ0v) is 16.5. The zero-order chi connectivity index (χ0) is 19.3. The van der Waals surface area contributed by atoms with Crippen molar-refractivity contribution < 1.29 is 4.74 Å². The number of nitrogens with zero attached hydrogens (tertiary/aromatic N) is 1. The number of para-hydroxylation sites is 2. The van der Waals surface area contributed by atoms with Crippen LogP contribution in [0.3, 0.4) is 0 Å². The van der Waals surface area contributed by atoms with Crippen LogP contribution in [-0.4, -0.2) is 9.97 Å². The van der Waals surface area contributed by atoms with Gasteiger partial charge in [0.2, 0.25) is 0 Å². The number of fused-ring (bicyclic) bond motifs is 1. The fourth-order valence-electron chi connectivity index (χ4n) is 3.08. The van der Waals surface area contributed by atoms with Crippen molar-refractivity contribution in [3.63, 3.8) is 0 Å². The molecular weight excluding hydrogens is 370 g/mol. The lowest BCUT2D eigenvalue weighted by molar-refractivity contribution is 0.302. The van der Waals surface area contributed by atoms with Gasteiger partial charge in [0.15, 0.2) is 0 Å². The second kappa shape index (κ2) is 8.46. The number of aryl methyl sites for hydroxylation is 1. The van der Waals surface area contributed by atoms with Crippen LogP contribution in [0.4, 0.5) is 0 Å².